The van der Waals surface area contributed by atoms with Gasteiger partial charge in [-0.3, -0.25) is 4.98 Å². The zero-order chi connectivity index (χ0) is 13.2. The van der Waals surface area contributed by atoms with Crippen LogP contribution in [0.15, 0.2) is 48.8 Å². The Balaban J connectivity index is 2.19. The standard InChI is InChI=1S/C15H16N4/c1-11-18-13-4-2-3-5-14(13)19(11)15(10-16)12-6-8-17-9-7-12/h2-9,15H,10,16H2,1H3. The Morgan fingerprint density at radius 3 is 2.63 bits per heavy atom. The molecule has 0 aliphatic rings. The van der Waals surface area contributed by atoms with E-state index in [2.05, 4.69) is 20.6 Å². The van der Waals surface area contributed by atoms with Crippen LogP contribution in [0.4, 0.5) is 0 Å². The highest BCUT2D eigenvalue weighted by Gasteiger charge is 2.17. The van der Waals surface area contributed by atoms with Gasteiger partial charge in [0.2, 0.25) is 0 Å². The molecule has 2 heterocycles. The Hall–Kier alpha value is -2.20. The van der Waals surface area contributed by atoms with Gasteiger partial charge in [-0.1, -0.05) is 12.1 Å². The van der Waals surface area contributed by atoms with Gasteiger partial charge in [0.05, 0.1) is 17.1 Å². The monoisotopic (exact) mass is 252 g/mol. The Kier molecular flexibility index (Phi) is 3.01. The third-order valence-corrected chi connectivity index (χ3v) is 3.40. The minimum absolute atomic E-state index is 0.0930. The highest BCUT2D eigenvalue weighted by molar-refractivity contribution is 5.76. The van der Waals surface area contributed by atoms with Crippen molar-refractivity contribution >= 4 is 11.0 Å². The fourth-order valence-electron chi connectivity index (χ4n) is 2.53. The normalized spacial score (nSPS) is 12.7. The SMILES string of the molecule is Cc1nc2ccccc2n1C(CN)c1ccncc1. The van der Waals surface area contributed by atoms with Gasteiger partial charge in [-0.05, 0) is 36.8 Å². The molecule has 2 aromatic heterocycles. The second kappa shape index (κ2) is 4.82. The van der Waals surface area contributed by atoms with Crippen molar-refractivity contribution in [1.82, 2.24) is 14.5 Å². The van der Waals surface area contributed by atoms with Crippen LogP contribution in [0.3, 0.4) is 0 Å². The molecule has 0 bridgehead atoms. The minimum atomic E-state index is 0.0930. The average Bonchev–Trinajstić information content (AvgIpc) is 2.78. The molecule has 3 rings (SSSR count). The van der Waals surface area contributed by atoms with Crippen LogP contribution >= 0.6 is 0 Å². The van der Waals surface area contributed by atoms with E-state index < -0.39 is 0 Å². The lowest BCUT2D eigenvalue weighted by Crippen LogP contribution is -2.21. The topological polar surface area (TPSA) is 56.7 Å². The first-order valence-electron chi connectivity index (χ1n) is 6.35. The fraction of sp³-hybridized carbons (Fsp3) is 0.200. The third-order valence-electron chi connectivity index (χ3n) is 3.40. The smallest absolute Gasteiger partial charge is 0.107 e. The zero-order valence-corrected chi connectivity index (χ0v) is 10.8. The highest BCUT2D eigenvalue weighted by Crippen LogP contribution is 2.24. The summed E-state index contributed by atoms with van der Waals surface area (Å²) in [6.07, 6.45) is 3.60. The van der Waals surface area contributed by atoms with Gasteiger partial charge in [-0.15, -0.1) is 0 Å². The number of pyridine rings is 1. The lowest BCUT2D eigenvalue weighted by molar-refractivity contribution is 0.593. The van der Waals surface area contributed by atoms with Gasteiger partial charge >= 0.3 is 0 Å². The van der Waals surface area contributed by atoms with Crippen molar-refractivity contribution in [3.63, 3.8) is 0 Å². The molecule has 19 heavy (non-hydrogen) atoms. The second-order valence-electron chi connectivity index (χ2n) is 4.55. The predicted molar refractivity (Wildman–Crippen MR) is 75.9 cm³/mol. The summed E-state index contributed by atoms with van der Waals surface area (Å²) in [7, 11) is 0. The number of fused-ring (bicyclic) bond motifs is 1. The summed E-state index contributed by atoms with van der Waals surface area (Å²) in [5.74, 6) is 0.980. The Bertz CT molecular complexity index is 688. The van der Waals surface area contributed by atoms with Gasteiger partial charge in [0.1, 0.15) is 5.82 Å². The number of para-hydroxylation sites is 2. The van der Waals surface area contributed by atoms with Crippen molar-refractivity contribution in [3.8, 4) is 0 Å². The first kappa shape index (κ1) is 11.9. The first-order valence-corrected chi connectivity index (χ1v) is 6.35. The van der Waals surface area contributed by atoms with E-state index in [1.54, 1.807) is 12.4 Å². The molecule has 1 atom stereocenters. The second-order valence-corrected chi connectivity index (χ2v) is 4.55. The molecule has 1 unspecified atom stereocenters. The lowest BCUT2D eigenvalue weighted by atomic mass is 10.1. The van der Waals surface area contributed by atoms with Crippen molar-refractivity contribution in [2.75, 3.05) is 6.54 Å². The number of hydrogen-bond donors (Lipinski definition) is 1. The summed E-state index contributed by atoms with van der Waals surface area (Å²) < 4.78 is 2.20. The van der Waals surface area contributed by atoms with Crippen LogP contribution in [-0.4, -0.2) is 21.1 Å². The predicted octanol–water partition coefficient (Wildman–Crippen LogP) is 2.29. The summed E-state index contributed by atoms with van der Waals surface area (Å²) in [6, 6.07) is 12.2. The Labute approximate surface area is 111 Å². The molecule has 0 fully saturated rings. The number of benzene rings is 1. The average molecular weight is 252 g/mol. The van der Waals surface area contributed by atoms with E-state index in [4.69, 9.17) is 5.73 Å². The molecule has 0 aliphatic heterocycles. The van der Waals surface area contributed by atoms with Crippen molar-refractivity contribution in [3.05, 3.63) is 60.2 Å². The van der Waals surface area contributed by atoms with E-state index in [-0.39, 0.29) is 6.04 Å². The van der Waals surface area contributed by atoms with Gasteiger partial charge < -0.3 is 10.3 Å². The molecule has 4 heteroatoms. The van der Waals surface area contributed by atoms with E-state index >= 15 is 0 Å². The summed E-state index contributed by atoms with van der Waals surface area (Å²) in [5, 5.41) is 0. The molecular formula is C15H16N4. The number of hydrogen-bond acceptors (Lipinski definition) is 3. The van der Waals surface area contributed by atoms with Crippen molar-refractivity contribution in [2.45, 2.75) is 13.0 Å². The van der Waals surface area contributed by atoms with Crippen LogP contribution in [-0.2, 0) is 0 Å². The van der Waals surface area contributed by atoms with Crippen LogP contribution in [0, 0.1) is 6.92 Å². The molecule has 4 nitrogen and oxygen atoms in total. The minimum Gasteiger partial charge on any atom is -0.328 e. The summed E-state index contributed by atoms with van der Waals surface area (Å²) in [5.41, 5.74) is 9.27. The van der Waals surface area contributed by atoms with Gasteiger partial charge in [0.25, 0.3) is 0 Å². The van der Waals surface area contributed by atoms with Gasteiger partial charge in [0, 0.05) is 18.9 Å². The van der Waals surface area contributed by atoms with Crippen LogP contribution in [0.5, 0.6) is 0 Å². The molecule has 0 saturated heterocycles. The molecule has 3 aromatic rings. The van der Waals surface area contributed by atoms with Crippen LogP contribution in [0.25, 0.3) is 11.0 Å². The van der Waals surface area contributed by atoms with Gasteiger partial charge in [-0.25, -0.2) is 4.98 Å². The summed E-state index contributed by atoms with van der Waals surface area (Å²) in [4.78, 5) is 8.66. The molecule has 0 spiro atoms. The number of imidazole rings is 1. The van der Waals surface area contributed by atoms with E-state index in [0.717, 1.165) is 22.4 Å². The molecular weight excluding hydrogens is 236 g/mol. The van der Waals surface area contributed by atoms with Gasteiger partial charge in [-0.2, -0.15) is 0 Å². The molecule has 1 aromatic carbocycles. The largest absolute Gasteiger partial charge is 0.328 e. The van der Waals surface area contributed by atoms with E-state index in [1.165, 1.54) is 0 Å². The van der Waals surface area contributed by atoms with Crippen molar-refractivity contribution < 1.29 is 0 Å². The zero-order valence-electron chi connectivity index (χ0n) is 10.8. The Morgan fingerprint density at radius 2 is 1.89 bits per heavy atom. The summed E-state index contributed by atoms with van der Waals surface area (Å²) in [6.45, 7) is 2.55. The number of aryl methyl sites for hydroxylation is 1. The number of rotatable bonds is 3. The van der Waals surface area contributed by atoms with E-state index in [9.17, 15) is 0 Å². The fourth-order valence-corrected chi connectivity index (χ4v) is 2.53. The molecule has 0 aliphatic carbocycles. The summed E-state index contributed by atoms with van der Waals surface area (Å²) >= 11 is 0. The van der Waals surface area contributed by atoms with Crippen LogP contribution < -0.4 is 5.73 Å². The van der Waals surface area contributed by atoms with E-state index in [1.807, 2.05) is 37.3 Å². The molecule has 2 N–H and O–H groups in total. The maximum absolute atomic E-state index is 5.99. The molecule has 0 amide bonds. The maximum atomic E-state index is 5.99. The molecule has 96 valence electrons. The highest BCUT2D eigenvalue weighted by atomic mass is 15.1. The van der Waals surface area contributed by atoms with E-state index in [0.29, 0.717) is 6.54 Å². The molecule has 0 radical (unpaired) electrons. The number of nitrogens with two attached hydrogens (primary N) is 1. The van der Waals surface area contributed by atoms with Gasteiger partial charge in [0.15, 0.2) is 0 Å². The van der Waals surface area contributed by atoms with Crippen LogP contribution in [0.1, 0.15) is 17.4 Å². The maximum Gasteiger partial charge on any atom is 0.107 e. The number of aromatic nitrogens is 3. The van der Waals surface area contributed by atoms with Crippen LogP contribution in [0.2, 0.25) is 0 Å². The number of nitrogens with zero attached hydrogens (tertiary/aromatic N) is 3. The van der Waals surface area contributed by atoms with Crippen molar-refractivity contribution in [1.29, 1.82) is 0 Å². The molecule has 0 saturated carbocycles. The quantitative estimate of drug-likeness (QED) is 0.778. The van der Waals surface area contributed by atoms with Crippen molar-refractivity contribution in [2.24, 2.45) is 5.73 Å². The third kappa shape index (κ3) is 2.00. The lowest BCUT2D eigenvalue weighted by Gasteiger charge is -2.19. The first-order chi connectivity index (χ1) is 9.31. The Morgan fingerprint density at radius 1 is 1.16 bits per heavy atom.